The molecule has 0 spiro atoms. The van der Waals surface area contributed by atoms with Crippen LogP contribution < -0.4 is 0 Å². The molecule has 0 aliphatic rings. The second-order valence-electron chi connectivity index (χ2n) is 5.08. The van der Waals surface area contributed by atoms with Crippen LogP contribution in [-0.2, 0) is 11.2 Å². The van der Waals surface area contributed by atoms with E-state index in [0.717, 1.165) is 13.0 Å². The Labute approximate surface area is 107 Å². The highest BCUT2D eigenvalue weighted by molar-refractivity contribution is 7.10. The van der Waals surface area contributed by atoms with Gasteiger partial charge in [-0.15, -0.1) is 11.3 Å². The first-order chi connectivity index (χ1) is 7.83. The van der Waals surface area contributed by atoms with Crippen molar-refractivity contribution in [1.29, 1.82) is 0 Å². The van der Waals surface area contributed by atoms with Crippen molar-refractivity contribution in [3.05, 3.63) is 21.9 Å². The van der Waals surface area contributed by atoms with Crippen molar-refractivity contribution in [3.8, 4) is 0 Å². The maximum atomic E-state index is 10.8. The van der Waals surface area contributed by atoms with Crippen LogP contribution in [0.4, 0.5) is 0 Å². The highest BCUT2D eigenvalue weighted by Crippen LogP contribution is 2.20. The molecule has 1 N–H and O–H groups in total. The van der Waals surface area contributed by atoms with E-state index in [9.17, 15) is 4.79 Å². The van der Waals surface area contributed by atoms with Gasteiger partial charge in [0.05, 0.1) is 6.42 Å². The summed E-state index contributed by atoms with van der Waals surface area (Å²) >= 11 is 1.77. The number of thiophene rings is 1. The zero-order valence-electron chi connectivity index (χ0n) is 11.0. The topological polar surface area (TPSA) is 40.5 Å². The molecule has 0 radical (unpaired) electrons. The minimum Gasteiger partial charge on any atom is -0.481 e. The van der Waals surface area contributed by atoms with Gasteiger partial charge in [0.25, 0.3) is 0 Å². The Morgan fingerprint density at radius 2 is 2.18 bits per heavy atom. The number of aryl methyl sites for hydroxylation is 1. The summed E-state index contributed by atoms with van der Waals surface area (Å²) in [5.41, 5.74) is 1.04. The maximum absolute atomic E-state index is 10.8. The standard InChI is InChI=1S/C13H21NO2S/c1-10-6-8-17-11(10)5-7-14(4)13(2,3)9-12(15)16/h6,8H,5,7,9H2,1-4H3,(H,15,16). The fourth-order valence-electron chi connectivity index (χ4n) is 1.74. The number of rotatable bonds is 6. The summed E-state index contributed by atoms with van der Waals surface area (Å²) in [6, 6.07) is 2.13. The summed E-state index contributed by atoms with van der Waals surface area (Å²) in [6.45, 7) is 6.96. The highest BCUT2D eigenvalue weighted by atomic mass is 32.1. The lowest BCUT2D eigenvalue weighted by Gasteiger charge is -2.34. The molecule has 0 aliphatic carbocycles. The Hall–Kier alpha value is -0.870. The molecule has 0 saturated heterocycles. The third-order valence-electron chi connectivity index (χ3n) is 3.26. The lowest BCUT2D eigenvalue weighted by atomic mass is 9.98. The van der Waals surface area contributed by atoms with Gasteiger partial charge in [-0.25, -0.2) is 0 Å². The summed E-state index contributed by atoms with van der Waals surface area (Å²) in [7, 11) is 1.99. The molecule has 17 heavy (non-hydrogen) atoms. The van der Waals surface area contributed by atoms with Crippen LogP contribution in [0.15, 0.2) is 11.4 Å². The Morgan fingerprint density at radius 3 is 2.65 bits per heavy atom. The van der Waals surface area contributed by atoms with Gasteiger partial charge in [0, 0.05) is 17.0 Å². The second kappa shape index (κ2) is 5.65. The number of aliphatic carboxylic acids is 1. The maximum Gasteiger partial charge on any atom is 0.305 e. The predicted molar refractivity (Wildman–Crippen MR) is 71.7 cm³/mol. The van der Waals surface area contributed by atoms with E-state index in [1.54, 1.807) is 11.3 Å². The van der Waals surface area contributed by atoms with Gasteiger partial charge in [-0.1, -0.05) is 0 Å². The van der Waals surface area contributed by atoms with Crippen molar-refractivity contribution in [3.63, 3.8) is 0 Å². The van der Waals surface area contributed by atoms with Gasteiger partial charge in [-0.2, -0.15) is 0 Å². The van der Waals surface area contributed by atoms with Gasteiger partial charge >= 0.3 is 5.97 Å². The molecule has 0 amide bonds. The largest absolute Gasteiger partial charge is 0.481 e. The molecular weight excluding hydrogens is 234 g/mol. The summed E-state index contributed by atoms with van der Waals surface area (Å²) in [5.74, 6) is -0.742. The molecule has 0 atom stereocenters. The van der Waals surface area contributed by atoms with Crippen LogP contribution >= 0.6 is 11.3 Å². The molecule has 0 aliphatic heterocycles. The van der Waals surface area contributed by atoms with Crippen LogP contribution in [0.5, 0.6) is 0 Å². The Bertz CT molecular complexity index is 385. The molecule has 1 aromatic heterocycles. The van der Waals surface area contributed by atoms with Gasteiger partial charge in [0.15, 0.2) is 0 Å². The zero-order chi connectivity index (χ0) is 13.1. The van der Waals surface area contributed by atoms with E-state index in [2.05, 4.69) is 23.3 Å². The zero-order valence-corrected chi connectivity index (χ0v) is 11.8. The fourth-order valence-corrected chi connectivity index (χ4v) is 2.64. The lowest BCUT2D eigenvalue weighted by Crippen LogP contribution is -2.43. The number of hydrogen-bond acceptors (Lipinski definition) is 3. The monoisotopic (exact) mass is 255 g/mol. The molecule has 4 heteroatoms. The summed E-state index contributed by atoms with van der Waals surface area (Å²) in [6.07, 6.45) is 1.16. The van der Waals surface area contributed by atoms with Crippen molar-refractivity contribution in [2.45, 2.75) is 39.2 Å². The number of likely N-dealkylation sites (N-methyl/N-ethyl adjacent to an activating group) is 1. The summed E-state index contributed by atoms with van der Waals surface area (Å²) in [4.78, 5) is 14.3. The van der Waals surface area contributed by atoms with Crippen molar-refractivity contribution < 1.29 is 9.90 Å². The van der Waals surface area contributed by atoms with Gasteiger partial charge in [0.1, 0.15) is 0 Å². The van der Waals surface area contributed by atoms with Crippen LogP contribution in [0, 0.1) is 6.92 Å². The molecular formula is C13H21NO2S. The van der Waals surface area contributed by atoms with Crippen LogP contribution in [0.3, 0.4) is 0 Å². The van der Waals surface area contributed by atoms with E-state index in [1.165, 1.54) is 10.4 Å². The average Bonchev–Trinajstić information content (AvgIpc) is 2.58. The van der Waals surface area contributed by atoms with E-state index < -0.39 is 5.97 Å². The van der Waals surface area contributed by atoms with Crippen molar-refractivity contribution in [2.24, 2.45) is 0 Å². The van der Waals surface area contributed by atoms with E-state index in [0.29, 0.717) is 0 Å². The highest BCUT2D eigenvalue weighted by Gasteiger charge is 2.26. The lowest BCUT2D eigenvalue weighted by molar-refractivity contribution is -0.139. The van der Waals surface area contributed by atoms with Gasteiger partial charge in [0.2, 0.25) is 0 Å². The third kappa shape index (κ3) is 4.13. The van der Waals surface area contributed by atoms with E-state index in [4.69, 9.17) is 5.11 Å². The van der Waals surface area contributed by atoms with Crippen molar-refractivity contribution >= 4 is 17.3 Å². The SMILES string of the molecule is Cc1ccsc1CCN(C)C(C)(C)CC(=O)O. The number of carboxylic acid groups (broad SMARTS) is 1. The minimum atomic E-state index is -0.742. The van der Waals surface area contributed by atoms with E-state index >= 15 is 0 Å². The first-order valence-electron chi connectivity index (χ1n) is 5.79. The van der Waals surface area contributed by atoms with E-state index in [1.807, 2.05) is 20.9 Å². The Balaban J connectivity index is 2.52. The van der Waals surface area contributed by atoms with Crippen LogP contribution in [0.25, 0.3) is 0 Å². The number of carboxylic acids is 1. The number of carbonyl (C=O) groups is 1. The molecule has 1 aromatic rings. The molecule has 0 bridgehead atoms. The smallest absolute Gasteiger partial charge is 0.305 e. The molecule has 3 nitrogen and oxygen atoms in total. The first-order valence-corrected chi connectivity index (χ1v) is 6.67. The summed E-state index contributed by atoms with van der Waals surface area (Å²) in [5, 5.41) is 11.0. The normalized spacial score (nSPS) is 12.1. The van der Waals surface area contributed by atoms with E-state index in [-0.39, 0.29) is 12.0 Å². The van der Waals surface area contributed by atoms with Crippen LogP contribution in [0.1, 0.15) is 30.7 Å². The summed E-state index contributed by atoms with van der Waals surface area (Å²) < 4.78 is 0. The van der Waals surface area contributed by atoms with Crippen LogP contribution in [-0.4, -0.2) is 35.1 Å². The Kier molecular flexibility index (Phi) is 4.71. The van der Waals surface area contributed by atoms with Crippen LogP contribution in [0.2, 0.25) is 0 Å². The predicted octanol–water partition coefficient (Wildman–Crippen LogP) is 2.78. The van der Waals surface area contributed by atoms with Crippen molar-refractivity contribution in [2.75, 3.05) is 13.6 Å². The molecule has 1 rings (SSSR count). The second-order valence-corrected chi connectivity index (χ2v) is 6.08. The molecule has 0 aromatic carbocycles. The molecule has 96 valence electrons. The molecule has 1 heterocycles. The molecule has 0 saturated carbocycles. The van der Waals surface area contributed by atoms with Gasteiger partial charge in [-0.05, 0) is 51.2 Å². The van der Waals surface area contributed by atoms with Crippen molar-refractivity contribution in [1.82, 2.24) is 4.90 Å². The quantitative estimate of drug-likeness (QED) is 0.849. The molecule has 0 unspecified atom stereocenters. The number of hydrogen-bond donors (Lipinski definition) is 1. The number of nitrogens with zero attached hydrogens (tertiary/aromatic N) is 1. The third-order valence-corrected chi connectivity index (χ3v) is 4.34. The molecule has 0 fully saturated rings. The Morgan fingerprint density at radius 1 is 1.53 bits per heavy atom. The minimum absolute atomic E-state index is 0.174. The average molecular weight is 255 g/mol. The van der Waals surface area contributed by atoms with Gasteiger partial charge in [-0.3, -0.25) is 4.79 Å². The first kappa shape index (κ1) is 14.2. The van der Waals surface area contributed by atoms with Gasteiger partial charge < -0.3 is 10.0 Å². The fraction of sp³-hybridized carbons (Fsp3) is 0.615.